The number of hydrogen-bond acceptors (Lipinski definition) is 5. The molecule has 1 aromatic heterocycles. The molecule has 0 aliphatic heterocycles. The van der Waals surface area contributed by atoms with E-state index in [9.17, 15) is 9.59 Å². The summed E-state index contributed by atoms with van der Waals surface area (Å²) in [5.41, 5.74) is 1.88. The smallest absolute Gasteiger partial charge is 0.336 e. The summed E-state index contributed by atoms with van der Waals surface area (Å²) in [7, 11) is 0. The number of carbonyl (C=O) groups excluding carboxylic acids is 1. The Balaban J connectivity index is 1.54. The SMILES string of the molecule is C=C1CCC2C(C)(C)C(OC(=O)C(C)=CC)CCC2(C)C1COc1ccc2ccc(=O)oc2c1. The molecule has 2 saturated carbocycles. The summed E-state index contributed by atoms with van der Waals surface area (Å²) in [5, 5.41) is 0.865. The van der Waals surface area contributed by atoms with Crippen molar-refractivity contribution in [2.24, 2.45) is 22.7 Å². The highest BCUT2D eigenvalue weighted by Crippen LogP contribution is 2.61. The molecule has 34 heavy (non-hydrogen) atoms. The Hall–Kier alpha value is -2.82. The van der Waals surface area contributed by atoms with Crippen LogP contribution in [0.3, 0.4) is 0 Å². The third-order valence-electron chi connectivity index (χ3n) is 8.53. The lowest BCUT2D eigenvalue weighted by atomic mass is 9.47. The van der Waals surface area contributed by atoms with Gasteiger partial charge in [0.1, 0.15) is 17.4 Å². The van der Waals surface area contributed by atoms with Gasteiger partial charge in [-0.3, -0.25) is 0 Å². The molecule has 0 N–H and O–H groups in total. The molecule has 2 aliphatic rings. The number of rotatable bonds is 5. The largest absolute Gasteiger partial charge is 0.493 e. The van der Waals surface area contributed by atoms with E-state index in [1.165, 1.54) is 11.6 Å². The van der Waals surface area contributed by atoms with Crippen molar-refractivity contribution in [1.29, 1.82) is 0 Å². The zero-order chi connectivity index (χ0) is 24.7. The van der Waals surface area contributed by atoms with Crippen molar-refractivity contribution in [3.63, 3.8) is 0 Å². The first kappa shape index (κ1) is 24.3. The van der Waals surface area contributed by atoms with E-state index in [0.717, 1.165) is 31.1 Å². The zero-order valence-corrected chi connectivity index (χ0v) is 21.0. The Labute approximate surface area is 201 Å². The maximum atomic E-state index is 12.5. The first-order valence-electron chi connectivity index (χ1n) is 12.2. The molecule has 2 aromatic rings. The summed E-state index contributed by atoms with van der Waals surface area (Å²) in [5.74, 6) is 1.04. The van der Waals surface area contributed by atoms with E-state index >= 15 is 0 Å². The van der Waals surface area contributed by atoms with E-state index in [2.05, 4.69) is 27.4 Å². The molecule has 1 aromatic carbocycles. The minimum Gasteiger partial charge on any atom is -0.493 e. The van der Waals surface area contributed by atoms with Gasteiger partial charge in [0.2, 0.25) is 0 Å². The lowest BCUT2D eigenvalue weighted by Gasteiger charge is -2.59. The van der Waals surface area contributed by atoms with E-state index in [1.807, 2.05) is 19.1 Å². The molecule has 4 rings (SSSR count). The monoisotopic (exact) mass is 464 g/mol. The molecule has 4 atom stereocenters. The van der Waals surface area contributed by atoms with Gasteiger partial charge in [0.25, 0.3) is 0 Å². The van der Waals surface area contributed by atoms with Crippen LogP contribution < -0.4 is 10.4 Å². The highest BCUT2D eigenvalue weighted by atomic mass is 16.5. The lowest BCUT2D eigenvalue weighted by molar-refractivity contribution is -0.173. The van der Waals surface area contributed by atoms with Gasteiger partial charge in [0, 0.05) is 34.4 Å². The second kappa shape index (κ2) is 9.09. The maximum Gasteiger partial charge on any atom is 0.336 e. The van der Waals surface area contributed by atoms with Crippen LogP contribution in [0, 0.1) is 22.7 Å². The normalized spacial score (nSPS) is 28.9. The van der Waals surface area contributed by atoms with Crippen molar-refractivity contribution < 1.29 is 18.7 Å². The average molecular weight is 465 g/mol. The first-order chi connectivity index (χ1) is 16.1. The highest BCUT2D eigenvalue weighted by Gasteiger charge is 2.57. The molecule has 5 nitrogen and oxygen atoms in total. The van der Waals surface area contributed by atoms with Gasteiger partial charge in [-0.2, -0.15) is 0 Å². The van der Waals surface area contributed by atoms with Crippen LogP contribution in [0.1, 0.15) is 60.3 Å². The van der Waals surface area contributed by atoms with Crippen LogP contribution in [0.15, 0.2) is 63.3 Å². The third-order valence-corrected chi connectivity index (χ3v) is 8.53. The minimum absolute atomic E-state index is 0.000786. The van der Waals surface area contributed by atoms with Crippen molar-refractivity contribution in [1.82, 2.24) is 0 Å². The number of carbonyl (C=O) groups is 1. The molecule has 4 unspecified atom stereocenters. The Kier molecular flexibility index (Phi) is 6.50. The number of benzene rings is 1. The molecule has 0 saturated heterocycles. The quantitative estimate of drug-likeness (QED) is 0.220. The lowest BCUT2D eigenvalue weighted by Crippen LogP contribution is -2.56. The fourth-order valence-corrected chi connectivity index (χ4v) is 6.32. The summed E-state index contributed by atoms with van der Waals surface area (Å²) in [6, 6.07) is 8.78. The Morgan fingerprint density at radius 2 is 1.94 bits per heavy atom. The average Bonchev–Trinajstić information content (AvgIpc) is 2.79. The standard InChI is InChI=1S/C29H36O5/c1-7-18(2)27(31)34-25-14-15-29(6)22(19(3)8-12-24(29)28(25,4)5)17-32-21-11-9-20-10-13-26(30)33-23(20)16-21/h7,9-11,13,16,22,24-25H,3,8,12,14-15,17H2,1-2,4-6H3. The van der Waals surface area contributed by atoms with Crippen molar-refractivity contribution in [2.45, 2.75) is 66.4 Å². The van der Waals surface area contributed by atoms with Gasteiger partial charge < -0.3 is 13.9 Å². The van der Waals surface area contributed by atoms with Gasteiger partial charge in [-0.1, -0.05) is 39.0 Å². The van der Waals surface area contributed by atoms with Crippen LogP contribution >= 0.6 is 0 Å². The van der Waals surface area contributed by atoms with Crippen LogP contribution in [-0.2, 0) is 9.53 Å². The summed E-state index contributed by atoms with van der Waals surface area (Å²) >= 11 is 0. The number of esters is 1. The van der Waals surface area contributed by atoms with Crippen LogP contribution in [0.2, 0.25) is 0 Å². The molecule has 0 bridgehead atoms. The summed E-state index contributed by atoms with van der Waals surface area (Å²) < 4.78 is 17.6. The van der Waals surface area contributed by atoms with E-state index < -0.39 is 0 Å². The summed E-state index contributed by atoms with van der Waals surface area (Å²) in [6.07, 6.45) is 5.46. The summed E-state index contributed by atoms with van der Waals surface area (Å²) in [6.45, 7) is 15.5. The predicted octanol–water partition coefficient (Wildman–Crippen LogP) is 6.46. The van der Waals surface area contributed by atoms with Gasteiger partial charge >= 0.3 is 11.6 Å². The fraction of sp³-hybridized carbons (Fsp3) is 0.517. The molecule has 0 amide bonds. The predicted molar refractivity (Wildman–Crippen MR) is 134 cm³/mol. The molecule has 0 spiro atoms. The van der Waals surface area contributed by atoms with Gasteiger partial charge in [-0.15, -0.1) is 0 Å². The van der Waals surface area contributed by atoms with Gasteiger partial charge in [-0.05, 0) is 69.1 Å². The van der Waals surface area contributed by atoms with Crippen LogP contribution in [-0.4, -0.2) is 18.7 Å². The number of allylic oxidation sites excluding steroid dienone is 1. The Bertz CT molecular complexity index is 1190. The van der Waals surface area contributed by atoms with Crippen molar-refractivity contribution in [3.8, 4) is 5.75 Å². The molecule has 2 aliphatic carbocycles. The molecule has 2 fully saturated rings. The molecular weight excluding hydrogens is 428 g/mol. The molecule has 5 heteroatoms. The number of hydrogen-bond donors (Lipinski definition) is 0. The van der Waals surface area contributed by atoms with Crippen LogP contribution in [0.5, 0.6) is 5.75 Å². The Morgan fingerprint density at radius 3 is 2.68 bits per heavy atom. The molecular formula is C29H36O5. The van der Waals surface area contributed by atoms with E-state index in [4.69, 9.17) is 13.9 Å². The second-order valence-corrected chi connectivity index (χ2v) is 10.8. The second-order valence-electron chi connectivity index (χ2n) is 10.8. The van der Waals surface area contributed by atoms with Gasteiger partial charge in [0.05, 0.1) is 6.61 Å². The van der Waals surface area contributed by atoms with Crippen molar-refractivity contribution in [2.75, 3.05) is 6.61 Å². The zero-order valence-electron chi connectivity index (χ0n) is 21.0. The van der Waals surface area contributed by atoms with E-state index in [-0.39, 0.29) is 34.4 Å². The number of ether oxygens (including phenoxy) is 2. The maximum absolute atomic E-state index is 12.5. The summed E-state index contributed by atoms with van der Waals surface area (Å²) in [4.78, 5) is 24.1. The third kappa shape index (κ3) is 4.33. The molecule has 1 heterocycles. The first-order valence-corrected chi connectivity index (χ1v) is 12.2. The minimum atomic E-state index is -0.370. The Morgan fingerprint density at radius 1 is 1.21 bits per heavy atom. The van der Waals surface area contributed by atoms with Gasteiger partial charge in [-0.25, -0.2) is 9.59 Å². The van der Waals surface area contributed by atoms with E-state index in [1.54, 1.807) is 25.1 Å². The molecule has 182 valence electrons. The van der Waals surface area contributed by atoms with E-state index in [0.29, 0.717) is 29.4 Å². The number of fused-ring (bicyclic) bond motifs is 2. The highest BCUT2D eigenvalue weighted by molar-refractivity contribution is 5.87. The van der Waals surface area contributed by atoms with Crippen LogP contribution in [0.4, 0.5) is 0 Å². The van der Waals surface area contributed by atoms with Crippen molar-refractivity contribution in [3.05, 3.63) is 64.6 Å². The topological polar surface area (TPSA) is 65.7 Å². The van der Waals surface area contributed by atoms with Gasteiger partial charge in [0.15, 0.2) is 0 Å². The van der Waals surface area contributed by atoms with Crippen molar-refractivity contribution >= 4 is 16.9 Å². The van der Waals surface area contributed by atoms with Crippen LogP contribution in [0.25, 0.3) is 11.0 Å². The molecule has 0 radical (unpaired) electrons. The fourth-order valence-electron chi connectivity index (χ4n) is 6.32.